The molecular weight excluding hydrogens is 124 g/mol. The summed E-state index contributed by atoms with van der Waals surface area (Å²) >= 11 is 0. The van der Waals surface area contributed by atoms with Crippen LogP contribution in [0.25, 0.3) is 0 Å². The van der Waals surface area contributed by atoms with E-state index in [4.69, 9.17) is 0 Å². The SMILES string of the molecule is CCC1OC(=O)C(=O)O1. The second-order valence-electron chi connectivity index (χ2n) is 1.65. The maximum absolute atomic E-state index is 10.2. The van der Waals surface area contributed by atoms with Crippen LogP contribution in [-0.2, 0) is 19.1 Å². The molecule has 0 saturated carbocycles. The van der Waals surface area contributed by atoms with Gasteiger partial charge in [-0.25, -0.2) is 9.59 Å². The predicted octanol–water partition coefficient (Wildman–Crippen LogP) is -0.177. The average molecular weight is 130 g/mol. The first-order chi connectivity index (χ1) is 4.24. The topological polar surface area (TPSA) is 52.6 Å². The van der Waals surface area contributed by atoms with Crippen LogP contribution in [0.15, 0.2) is 0 Å². The number of carbonyl (C=O) groups is 2. The molecule has 4 nitrogen and oxygen atoms in total. The van der Waals surface area contributed by atoms with Gasteiger partial charge >= 0.3 is 11.9 Å². The van der Waals surface area contributed by atoms with Crippen LogP contribution in [0, 0.1) is 0 Å². The first-order valence-corrected chi connectivity index (χ1v) is 2.65. The summed E-state index contributed by atoms with van der Waals surface area (Å²) in [4.78, 5) is 20.5. The summed E-state index contributed by atoms with van der Waals surface area (Å²) in [6.45, 7) is 1.76. The fraction of sp³-hybridized carbons (Fsp3) is 0.600. The third-order valence-corrected chi connectivity index (χ3v) is 0.977. The fourth-order valence-corrected chi connectivity index (χ4v) is 0.526. The second-order valence-corrected chi connectivity index (χ2v) is 1.65. The predicted molar refractivity (Wildman–Crippen MR) is 26.3 cm³/mol. The highest BCUT2D eigenvalue weighted by Gasteiger charge is 2.32. The van der Waals surface area contributed by atoms with E-state index in [9.17, 15) is 9.59 Å². The van der Waals surface area contributed by atoms with Crippen molar-refractivity contribution in [2.45, 2.75) is 19.6 Å². The molecule has 9 heavy (non-hydrogen) atoms. The Morgan fingerprint density at radius 1 is 1.33 bits per heavy atom. The monoisotopic (exact) mass is 130 g/mol. The van der Waals surface area contributed by atoms with Crippen LogP contribution in [0.2, 0.25) is 0 Å². The lowest BCUT2D eigenvalue weighted by molar-refractivity contribution is -0.150. The van der Waals surface area contributed by atoms with Crippen molar-refractivity contribution in [1.29, 1.82) is 0 Å². The number of esters is 2. The minimum atomic E-state index is -0.887. The molecule has 4 heteroatoms. The second kappa shape index (κ2) is 2.05. The van der Waals surface area contributed by atoms with E-state index in [0.717, 1.165) is 0 Å². The Balaban J connectivity index is 2.54. The van der Waals surface area contributed by atoms with Crippen LogP contribution in [0.5, 0.6) is 0 Å². The standard InChI is InChI=1S/C5H6O4/c1-2-3-8-4(6)5(7)9-3/h3H,2H2,1H3. The molecule has 0 aromatic rings. The highest BCUT2D eigenvalue weighted by atomic mass is 16.8. The van der Waals surface area contributed by atoms with E-state index in [2.05, 4.69) is 9.47 Å². The molecule has 0 aromatic heterocycles. The zero-order valence-electron chi connectivity index (χ0n) is 4.92. The third-order valence-electron chi connectivity index (χ3n) is 0.977. The summed E-state index contributed by atoms with van der Waals surface area (Å²) in [6, 6.07) is 0. The van der Waals surface area contributed by atoms with E-state index in [-0.39, 0.29) is 0 Å². The van der Waals surface area contributed by atoms with Gasteiger partial charge in [-0.05, 0) is 0 Å². The zero-order valence-corrected chi connectivity index (χ0v) is 4.92. The van der Waals surface area contributed by atoms with Gasteiger partial charge < -0.3 is 9.47 Å². The molecule has 50 valence electrons. The number of hydrogen-bond acceptors (Lipinski definition) is 4. The Hall–Kier alpha value is -1.06. The van der Waals surface area contributed by atoms with Gasteiger partial charge in [0, 0.05) is 6.42 Å². The van der Waals surface area contributed by atoms with Crippen LogP contribution in [0.3, 0.4) is 0 Å². The number of hydrogen-bond donors (Lipinski definition) is 0. The van der Waals surface area contributed by atoms with E-state index in [1.807, 2.05) is 0 Å². The molecule has 1 saturated heterocycles. The lowest BCUT2D eigenvalue weighted by Crippen LogP contribution is -2.05. The molecule has 0 unspecified atom stereocenters. The molecule has 0 N–H and O–H groups in total. The molecule has 1 aliphatic rings. The Bertz CT molecular complexity index is 135. The maximum Gasteiger partial charge on any atom is 0.420 e. The van der Waals surface area contributed by atoms with Crippen molar-refractivity contribution in [3.05, 3.63) is 0 Å². The molecule has 0 bridgehead atoms. The molecule has 0 aromatic carbocycles. The van der Waals surface area contributed by atoms with Gasteiger partial charge in [0.2, 0.25) is 6.29 Å². The average Bonchev–Trinajstić information content (AvgIpc) is 2.13. The Kier molecular flexibility index (Phi) is 1.38. The van der Waals surface area contributed by atoms with E-state index in [1.165, 1.54) is 0 Å². The number of ether oxygens (including phenoxy) is 2. The first-order valence-electron chi connectivity index (χ1n) is 2.65. The first kappa shape index (κ1) is 6.07. The summed E-state index contributed by atoms with van der Waals surface area (Å²) in [6.07, 6.45) is -0.137. The van der Waals surface area contributed by atoms with Crippen molar-refractivity contribution >= 4 is 11.9 Å². The van der Waals surface area contributed by atoms with Gasteiger partial charge in [0.05, 0.1) is 0 Å². The molecule has 0 radical (unpaired) electrons. The van der Waals surface area contributed by atoms with Crippen molar-refractivity contribution in [2.75, 3.05) is 0 Å². The number of cyclic esters (lactones) is 2. The van der Waals surface area contributed by atoms with Gasteiger partial charge in [0.25, 0.3) is 0 Å². The third kappa shape index (κ3) is 1.01. The quantitative estimate of drug-likeness (QED) is 0.365. The van der Waals surface area contributed by atoms with Crippen molar-refractivity contribution in [3.8, 4) is 0 Å². The maximum atomic E-state index is 10.2. The molecule has 1 aliphatic heterocycles. The van der Waals surface area contributed by atoms with Crippen LogP contribution in [-0.4, -0.2) is 18.2 Å². The molecule has 0 amide bonds. The smallest absolute Gasteiger partial charge is 0.417 e. The molecule has 0 atom stereocenters. The molecule has 0 spiro atoms. The van der Waals surface area contributed by atoms with Gasteiger partial charge in [0.15, 0.2) is 0 Å². The lowest BCUT2D eigenvalue weighted by Gasteiger charge is -2.00. The summed E-state index contributed by atoms with van der Waals surface area (Å²) in [5.74, 6) is -1.77. The minimum Gasteiger partial charge on any atom is -0.417 e. The molecule has 1 rings (SSSR count). The van der Waals surface area contributed by atoms with Crippen LogP contribution in [0.1, 0.15) is 13.3 Å². The highest BCUT2D eigenvalue weighted by molar-refractivity contribution is 6.30. The van der Waals surface area contributed by atoms with Gasteiger partial charge in [-0.3, -0.25) is 0 Å². The van der Waals surface area contributed by atoms with Crippen molar-refractivity contribution in [3.63, 3.8) is 0 Å². The zero-order chi connectivity index (χ0) is 6.85. The summed E-state index contributed by atoms with van der Waals surface area (Å²) in [5.41, 5.74) is 0. The summed E-state index contributed by atoms with van der Waals surface area (Å²) in [7, 11) is 0. The Morgan fingerprint density at radius 2 is 1.78 bits per heavy atom. The van der Waals surface area contributed by atoms with E-state index < -0.39 is 18.2 Å². The Labute approximate surface area is 51.7 Å². The van der Waals surface area contributed by atoms with Crippen LogP contribution in [0.4, 0.5) is 0 Å². The van der Waals surface area contributed by atoms with Crippen LogP contribution < -0.4 is 0 Å². The van der Waals surface area contributed by atoms with Crippen molar-refractivity contribution in [1.82, 2.24) is 0 Å². The lowest BCUT2D eigenvalue weighted by atomic mass is 10.5. The highest BCUT2D eigenvalue weighted by Crippen LogP contribution is 2.08. The Morgan fingerprint density at radius 3 is 2.00 bits per heavy atom. The van der Waals surface area contributed by atoms with Crippen molar-refractivity contribution < 1.29 is 19.1 Å². The van der Waals surface area contributed by atoms with Gasteiger partial charge in [-0.15, -0.1) is 0 Å². The summed E-state index contributed by atoms with van der Waals surface area (Å²) < 4.78 is 8.82. The van der Waals surface area contributed by atoms with E-state index in [1.54, 1.807) is 6.92 Å². The number of carbonyl (C=O) groups excluding carboxylic acids is 2. The molecule has 0 aliphatic carbocycles. The van der Waals surface area contributed by atoms with Gasteiger partial charge in [-0.2, -0.15) is 0 Å². The van der Waals surface area contributed by atoms with E-state index in [0.29, 0.717) is 6.42 Å². The van der Waals surface area contributed by atoms with Crippen molar-refractivity contribution in [2.24, 2.45) is 0 Å². The summed E-state index contributed by atoms with van der Waals surface area (Å²) in [5, 5.41) is 0. The molecule has 1 heterocycles. The largest absolute Gasteiger partial charge is 0.420 e. The van der Waals surface area contributed by atoms with E-state index >= 15 is 0 Å². The molecule has 1 fully saturated rings. The fourth-order valence-electron chi connectivity index (χ4n) is 0.526. The van der Waals surface area contributed by atoms with Gasteiger partial charge in [0.1, 0.15) is 0 Å². The van der Waals surface area contributed by atoms with Crippen LogP contribution >= 0.6 is 0 Å². The van der Waals surface area contributed by atoms with Gasteiger partial charge in [-0.1, -0.05) is 6.92 Å². The normalized spacial score (nSPS) is 19.7. The minimum absolute atomic E-state index is 0.511. The number of rotatable bonds is 1. The molecular formula is C5H6O4.